The molecule has 1 unspecified atom stereocenters. The van der Waals surface area contributed by atoms with Gasteiger partial charge < -0.3 is 15.7 Å². The molecule has 0 aliphatic rings. The molecule has 3 N–H and O–H groups in total. The van der Waals surface area contributed by atoms with E-state index in [1.165, 1.54) is 23.5 Å². The number of hydrogen-bond donors (Lipinski definition) is 3. The third-order valence-corrected chi connectivity index (χ3v) is 5.59. The van der Waals surface area contributed by atoms with Crippen molar-refractivity contribution in [3.63, 3.8) is 0 Å². The van der Waals surface area contributed by atoms with Gasteiger partial charge in [0.25, 0.3) is 0 Å². The molecule has 0 bridgehead atoms. The fraction of sp³-hybridized carbons (Fsp3) is 0.158. The molecule has 0 fully saturated rings. The standard InChI is InChI=1S/C19H16ClFN2O3S/c1-19(26,16-8-11-4-2-3-5-15(11)27-16)10-22-17(24)18(25)23-12-6-7-14(21)13(20)9-12/h2-9,26H,10H2,1H3,(H,22,24)(H,23,25). The maximum Gasteiger partial charge on any atom is 0.313 e. The van der Waals surface area contributed by atoms with E-state index < -0.39 is 23.2 Å². The highest BCUT2D eigenvalue weighted by Crippen LogP contribution is 2.32. The second kappa shape index (κ2) is 7.64. The van der Waals surface area contributed by atoms with Gasteiger partial charge in [-0.2, -0.15) is 0 Å². The highest BCUT2D eigenvalue weighted by atomic mass is 35.5. The molecule has 8 heteroatoms. The van der Waals surface area contributed by atoms with E-state index in [0.717, 1.165) is 16.2 Å². The molecular weight excluding hydrogens is 391 g/mol. The van der Waals surface area contributed by atoms with Crippen molar-refractivity contribution < 1.29 is 19.1 Å². The number of halogens is 2. The Hall–Kier alpha value is -2.48. The Morgan fingerprint density at radius 1 is 1.19 bits per heavy atom. The van der Waals surface area contributed by atoms with Gasteiger partial charge in [-0.05, 0) is 42.6 Å². The summed E-state index contributed by atoms with van der Waals surface area (Å²) in [5.41, 5.74) is -1.14. The molecule has 0 radical (unpaired) electrons. The fourth-order valence-electron chi connectivity index (χ4n) is 2.43. The first-order valence-electron chi connectivity index (χ1n) is 8.02. The molecule has 0 aliphatic heterocycles. The van der Waals surface area contributed by atoms with Gasteiger partial charge in [-0.3, -0.25) is 9.59 Å². The minimum absolute atomic E-state index is 0.143. The van der Waals surface area contributed by atoms with Crippen molar-refractivity contribution in [1.29, 1.82) is 0 Å². The van der Waals surface area contributed by atoms with Crippen molar-refractivity contribution in [1.82, 2.24) is 5.32 Å². The number of carbonyl (C=O) groups is 2. The first-order valence-corrected chi connectivity index (χ1v) is 9.21. The summed E-state index contributed by atoms with van der Waals surface area (Å²) in [4.78, 5) is 24.7. The molecule has 0 saturated carbocycles. The van der Waals surface area contributed by atoms with Crippen LogP contribution in [0.25, 0.3) is 10.1 Å². The second-order valence-corrected chi connectivity index (χ2v) is 7.68. The molecule has 2 amide bonds. The maximum atomic E-state index is 13.1. The van der Waals surface area contributed by atoms with Crippen LogP contribution in [0.3, 0.4) is 0 Å². The van der Waals surface area contributed by atoms with Crippen molar-refractivity contribution >= 4 is 50.5 Å². The van der Waals surface area contributed by atoms with E-state index in [1.807, 2.05) is 30.3 Å². The van der Waals surface area contributed by atoms with E-state index in [4.69, 9.17) is 11.6 Å². The molecule has 3 rings (SSSR count). The van der Waals surface area contributed by atoms with Crippen LogP contribution in [0.4, 0.5) is 10.1 Å². The molecule has 1 heterocycles. The third-order valence-electron chi connectivity index (χ3n) is 3.93. The SMILES string of the molecule is CC(O)(CNC(=O)C(=O)Nc1ccc(F)c(Cl)c1)c1cc2ccccc2s1. The molecule has 1 aromatic heterocycles. The van der Waals surface area contributed by atoms with Gasteiger partial charge in [0.05, 0.1) is 11.6 Å². The molecule has 5 nitrogen and oxygen atoms in total. The monoisotopic (exact) mass is 406 g/mol. The lowest BCUT2D eigenvalue weighted by atomic mass is 10.0. The quantitative estimate of drug-likeness (QED) is 0.578. The largest absolute Gasteiger partial charge is 0.383 e. The van der Waals surface area contributed by atoms with Gasteiger partial charge in [0.2, 0.25) is 0 Å². The number of amides is 2. The van der Waals surface area contributed by atoms with E-state index in [0.29, 0.717) is 4.88 Å². The van der Waals surface area contributed by atoms with Gasteiger partial charge in [0.15, 0.2) is 0 Å². The van der Waals surface area contributed by atoms with E-state index in [2.05, 4.69) is 10.6 Å². The molecule has 27 heavy (non-hydrogen) atoms. The van der Waals surface area contributed by atoms with Crippen LogP contribution in [0.2, 0.25) is 5.02 Å². The van der Waals surface area contributed by atoms with E-state index in [9.17, 15) is 19.1 Å². The molecule has 3 aromatic rings. The van der Waals surface area contributed by atoms with Crippen LogP contribution in [-0.2, 0) is 15.2 Å². The molecule has 1 atom stereocenters. The topological polar surface area (TPSA) is 78.4 Å². The Morgan fingerprint density at radius 3 is 2.63 bits per heavy atom. The molecule has 140 valence electrons. The number of fused-ring (bicyclic) bond motifs is 1. The predicted molar refractivity (Wildman–Crippen MR) is 104 cm³/mol. The molecule has 2 aromatic carbocycles. The zero-order valence-corrected chi connectivity index (χ0v) is 15.8. The molecule has 0 saturated heterocycles. The highest BCUT2D eigenvalue weighted by molar-refractivity contribution is 7.19. The number of benzene rings is 2. The van der Waals surface area contributed by atoms with E-state index in [1.54, 1.807) is 6.92 Å². The summed E-state index contributed by atoms with van der Waals surface area (Å²) in [6.45, 7) is 1.42. The van der Waals surface area contributed by atoms with Gasteiger partial charge >= 0.3 is 11.8 Å². The summed E-state index contributed by atoms with van der Waals surface area (Å²) in [5, 5.41) is 16.2. The summed E-state index contributed by atoms with van der Waals surface area (Å²) in [7, 11) is 0. The minimum Gasteiger partial charge on any atom is -0.383 e. The number of carbonyl (C=O) groups excluding carboxylic acids is 2. The lowest BCUT2D eigenvalue weighted by molar-refractivity contribution is -0.136. The number of anilines is 1. The van der Waals surface area contributed by atoms with Crippen LogP contribution < -0.4 is 10.6 Å². The van der Waals surface area contributed by atoms with E-state index in [-0.39, 0.29) is 17.3 Å². The van der Waals surface area contributed by atoms with Crippen molar-refractivity contribution in [3.05, 3.63) is 64.2 Å². The summed E-state index contributed by atoms with van der Waals surface area (Å²) >= 11 is 7.06. The van der Waals surface area contributed by atoms with E-state index >= 15 is 0 Å². The number of aliphatic hydroxyl groups is 1. The fourth-order valence-corrected chi connectivity index (χ4v) is 3.72. The summed E-state index contributed by atoms with van der Waals surface area (Å²) in [5.74, 6) is -2.49. The first kappa shape index (κ1) is 19.3. The Labute approximate surface area is 163 Å². The smallest absolute Gasteiger partial charge is 0.313 e. The van der Waals surface area contributed by atoms with Gasteiger partial charge in [0, 0.05) is 15.3 Å². The van der Waals surface area contributed by atoms with Gasteiger partial charge in [0.1, 0.15) is 11.4 Å². The zero-order chi connectivity index (χ0) is 19.6. The third kappa shape index (κ3) is 4.44. The number of hydrogen-bond acceptors (Lipinski definition) is 4. The van der Waals surface area contributed by atoms with Gasteiger partial charge in [-0.25, -0.2) is 4.39 Å². The number of thiophene rings is 1. The van der Waals surface area contributed by atoms with Crippen molar-refractivity contribution in [2.75, 3.05) is 11.9 Å². The van der Waals surface area contributed by atoms with Crippen LogP contribution in [0, 0.1) is 5.82 Å². The normalized spacial score (nSPS) is 13.2. The molecular formula is C19H16ClFN2O3S. The minimum atomic E-state index is -1.33. The molecule has 0 aliphatic carbocycles. The highest BCUT2D eigenvalue weighted by Gasteiger charge is 2.27. The first-order chi connectivity index (χ1) is 12.8. The summed E-state index contributed by atoms with van der Waals surface area (Å²) < 4.78 is 14.2. The van der Waals surface area contributed by atoms with Crippen LogP contribution >= 0.6 is 22.9 Å². The van der Waals surface area contributed by atoms with Gasteiger partial charge in [-0.15, -0.1) is 11.3 Å². The van der Waals surface area contributed by atoms with Crippen molar-refractivity contribution in [2.24, 2.45) is 0 Å². The lowest BCUT2D eigenvalue weighted by Gasteiger charge is -2.22. The second-order valence-electron chi connectivity index (χ2n) is 6.19. The number of nitrogens with one attached hydrogen (secondary N) is 2. The lowest BCUT2D eigenvalue weighted by Crippen LogP contribution is -2.42. The van der Waals surface area contributed by atoms with Crippen molar-refractivity contribution in [3.8, 4) is 0 Å². The summed E-state index contributed by atoms with van der Waals surface area (Å²) in [6.07, 6.45) is 0. The van der Waals surface area contributed by atoms with Crippen LogP contribution in [-0.4, -0.2) is 23.5 Å². The maximum absolute atomic E-state index is 13.1. The Morgan fingerprint density at radius 2 is 1.93 bits per heavy atom. The van der Waals surface area contributed by atoms with Crippen LogP contribution in [0.1, 0.15) is 11.8 Å². The molecule has 0 spiro atoms. The van der Waals surface area contributed by atoms with Crippen LogP contribution in [0.15, 0.2) is 48.5 Å². The average molecular weight is 407 g/mol. The average Bonchev–Trinajstić information content (AvgIpc) is 3.08. The predicted octanol–water partition coefficient (Wildman–Crippen LogP) is 3.66. The Bertz CT molecular complexity index is 986. The van der Waals surface area contributed by atoms with Crippen molar-refractivity contribution in [2.45, 2.75) is 12.5 Å². The van der Waals surface area contributed by atoms with Crippen LogP contribution in [0.5, 0.6) is 0 Å². The Balaban J connectivity index is 1.62. The number of rotatable bonds is 4. The Kier molecular flexibility index (Phi) is 5.46. The summed E-state index contributed by atoms with van der Waals surface area (Å²) in [6, 6.07) is 13.1. The van der Waals surface area contributed by atoms with Gasteiger partial charge in [-0.1, -0.05) is 29.8 Å². The zero-order valence-electron chi connectivity index (χ0n) is 14.3.